The molecular weight excluding hydrogens is 330 g/mol. The Morgan fingerprint density at radius 2 is 2.15 bits per heavy atom. The first-order valence-electron chi connectivity index (χ1n) is 9.04. The van der Waals surface area contributed by atoms with Gasteiger partial charge >= 0.3 is 0 Å². The molecule has 0 unspecified atom stereocenters. The maximum Gasteiger partial charge on any atom is 0.257 e. The number of pyridine rings is 1. The molecule has 7 heteroatoms. The van der Waals surface area contributed by atoms with E-state index in [2.05, 4.69) is 15.4 Å². The topological polar surface area (TPSA) is 80.1 Å². The fourth-order valence-electron chi connectivity index (χ4n) is 3.33. The number of aryl methyl sites for hydroxylation is 2. The highest BCUT2D eigenvalue weighted by molar-refractivity contribution is 5.95. The summed E-state index contributed by atoms with van der Waals surface area (Å²) < 4.78 is 1.79. The quantitative estimate of drug-likeness (QED) is 0.892. The molecule has 0 aromatic carbocycles. The van der Waals surface area contributed by atoms with Crippen LogP contribution in [-0.2, 0) is 17.9 Å². The molecule has 1 aliphatic heterocycles. The molecule has 2 aromatic rings. The molecule has 0 radical (unpaired) electrons. The van der Waals surface area contributed by atoms with Gasteiger partial charge in [0.15, 0.2) is 0 Å². The van der Waals surface area contributed by atoms with Crippen molar-refractivity contribution >= 4 is 11.8 Å². The van der Waals surface area contributed by atoms with Crippen LogP contribution in [0.25, 0.3) is 0 Å². The van der Waals surface area contributed by atoms with Crippen LogP contribution >= 0.6 is 0 Å². The van der Waals surface area contributed by atoms with E-state index in [0.717, 1.165) is 42.9 Å². The maximum absolute atomic E-state index is 13.0. The van der Waals surface area contributed by atoms with E-state index in [1.165, 1.54) is 6.92 Å². The third-order valence-corrected chi connectivity index (χ3v) is 4.74. The molecule has 1 aliphatic rings. The normalized spacial score (nSPS) is 16.7. The Balaban J connectivity index is 1.76. The van der Waals surface area contributed by atoms with Crippen LogP contribution < -0.4 is 5.32 Å². The van der Waals surface area contributed by atoms with Crippen LogP contribution in [0.4, 0.5) is 0 Å². The first-order valence-corrected chi connectivity index (χ1v) is 9.04. The molecule has 0 bridgehead atoms. The molecule has 1 fully saturated rings. The van der Waals surface area contributed by atoms with Gasteiger partial charge in [-0.3, -0.25) is 19.3 Å². The molecule has 0 aliphatic carbocycles. The summed E-state index contributed by atoms with van der Waals surface area (Å²) in [6.07, 6.45) is 5.47. The van der Waals surface area contributed by atoms with E-state index in [0.29, 0.717) is 12.1 Å². The molecule has 3 rings (SSSR count). The SMILES string of the molecule is CCn1cc(C(=O)N2CCC[C@H]2c2ccc(CNC(C)=O)cn2)c(C)n1. The van der Waals surface area contributed by atoms with Gasteiger partial charge in [-0.1, -0.05) is 6.07 Å². The predicted octanol–water partition coefficient (Wildman–Crippen LogP) is 2.22. The molecule has 3 heterocycles. The van der Waals surface area contributed by atoms with Gasteiger partial charge in [0, 0.05) is 39.0 Å². The van der Waals surface area contributed by atoms with Crippen molar-refractivity contribution in [2.45, 2.75) is 52.7 Å². The molecular formula is C19H25N5O2. The molecule has 1 atom stereocenters. The first kappa shape index (κ1) is 18.1. The third kappa shape index (κ3) is 3.76. The van der Waals surface area contributed by atoms with Gasteiger partial charge in [-0.05, 0) is 38.3 Å². The van der Waals surface area contributed by atoms with Crippen molar-refractivity contribution in [3.63, 3.8) is 0 Å². The van der Waals surface area contributed by atoms with Crippen molar-refractivity contribution in [2.24, 2.45) is 0 Å². The van der Waals surface area contributed by atoms with Crippen LogP contribution in [0.5, 0.6) is 0 Å². The van der Waals surface area contributed by atoms with Crippen molar-refractivity contribution < 1.29 is 9.59 Å². The van der Waals surface area contributed by atoms with E-state index in [9.17, 15) is 9.59 Å². The Morgan fingerprint density at radius 1 is 1.35 bits per heavy atom. The van der Waals surface area contributed by atoms with Crippen LogP contribution in [0.15, 0.2) is 24.5 Å². The van der Waals surface area contributed by atoms with Crippen molar-refractivity contribution in [1.29, 1.82) is 0 Å². The molecule has 138 valence electrons. The molecule has 1 saturated heterocycles. The average Bonchev–Trinajstić information content (AvgIpc) is 3.26. The summed E-state index contributed by atoms with van der Waals surface area (Å²) in [5.74, 6) is -0.0431. The smallest absolute Gasteiger partial charge is 0.257 e. The van der Waals surface area contributed by atoms with E-state index in [4.69, 9.17) is 0 Å². The van der Waals surface area contributed by atoms with Crippen LogP contribution in [0.1, 0.15) is 60.0 Å². The van der Waals surface area contributed by atoms with E-state index in [1.54, 1.807) is 10.9 Å². The van der Waals surface area contributed by atoms with E-state index >= 15 is 0 Å². The number of likely N-dealkylation sites (tertiary alicyclic amines) is 1. The number of hydrogen-bond donors (Lipinski definition) is 1. The zero-order valence-corrected chi connectivity index (χ0v) is 15.5. The minimum atomic E-state index is -0.0652. The zero-order chi connectivity index (χ0) is 18.7. The van der Waals surface area contributed by atoms with Gasteiger partial charge in [0.25, 0.3) is 5.91 Å². The molecule has 7 nitrogen and oxygen atoms in total. The minimum Gasteiger partial charge on any atom is -0.352 e. The highest BCUT2D eigenvalue weighted by Crippen LogP contribution is 2.32. The number of amides is 2. The van der Waals surface area contributed by atoms with Gasteiger partial charge in [-0.2, -0.15) is 5.10 Å². The summed E-state index contributed by atoms with van der Waals surface area (Å²) in [4.78, 5) is 30.5. The molecule has 2 amide bonds. The Kier molecular flexibility index (Phi) is 5.35. The predicted molar refractivity (Wildman–Crippen MR) is 97.4 cm³/mol. The average molecular weight is 355 g/mol. The van der Waals surface area contributed by atoms with Crippen molar-refractivity contribution in [3.05, 3.63) is 47.0 Å². The summed E-state index contributed by atoms with van der Waals surface area (Å²) in [6, 6.07) is 3.90. The second kappa shape index (κ2) is 7.68. The summed E-state index contributed by atoms with van der Waals surface area (Å²) in [5, 5.41) is 7.15. The highest BCUT2D eigenvalue weighted by atomic mass is 16.2. The Bertz CT molecular complexity index is 797. The van der Waals surface area contributed by atoms with Gasteiger partial charge in [-0.25, -0.2) is 0 Å². The lowest BCUT2D eigenvalue weighted by Gasteiger charge is -2.24. The summed E-state index contributed by atoms with van der Waals surface area (Å²) in [7, 11) is 0. The van der Waals surface area contributed by atoms with Gasteiger partial charge < -0.3 is 10.2 Å². The second-order valence-corrected chi connectivity index (χ2v) is 6.64. The van der Waals surface area contributed by atoms with Gasteiger partial charge in [0.2, 0.25) is 5.91 Å². The first-order chi connectivity index (χ1) is 12.5. The van der Waals surface area contributed by atoms with Crippen LogP contribution in [-0.4, -0.2) is 38.0 Å². The van der Waals surface area contributed by atoms with Crippen molar-refractivity contribution in [2.75, 3.05) is 6.54 Å². The number of nitrogens with one attached hydrogen (secondary N) is 1. The van der Waals surface area contributed by atoms with Crippen LogP contribution in [0.3, 0.4) is 0 Å². The summed E-state index contributed by atoms with van der Waals surface area (Å²) >= 11 is 0. The Hall–Kier alpha value is -2.70. The molecule has 26 heavy (non-hydrogen) atoms. The lowest BCUT2D eigenvalue weighted by molar-refractivity contribution is -0.119. The fourth-order valence-corrected chi connectivity index (χ4v) is 3.33. The monoisotopic (exact) mass is 355 g/mol. The molecule has 0 spiro atoms. The number of rotatable bonds is 5. The van der Waals surface area contributed by atoms with Gasteiger partial charge in [0.05, 0.1) is 23.0 Å². The highest BCUT2D eigenvalue weighted by Gasteiger charge is 2.32. The minimum absolute atomic E-state index is 0.0123. The summed E-state index contributed by atoms with van der Waals surface area (Å²) in [5.41, 5.74) is 3.27. The van der Waals surface area contributed by atoms with Crippen molar-refractivity contribution in [3.8, 4) is 0 Å². The molecule has 2 aromatic heterocycles. The molecule has 0 saturated carbocycles. The Labute approximate surface area is 153 Å². The van der Waals surface area contributed by atoms with Crippen molar-refractivity contribution in [1.82, 2.24) is 25.0 Å². The number of aromatic nitrogens is 3. The second-order valence-electron chi connectivity index (χ2n) is 6.64. The number of carbonyl (C=O) groups is 2. The fraction of sp³-hybridized carbons (Fsp3) is 0.474. The van der Waals surface area contributed by atoms with E-state index < -0.39 is 0 Å². The standard InChI is InChI=1S/C19H25N5O2/c1-4-23-12-16(13(2)22-23)19(26)24-9-5-6-18(24)17-8-7-15(11-21-17)10-20-14(3)25/h7-8,11-12,18H,4-6,9-10H2,1-3H3,(H,20,25)/t18-/m0/s1. The third-order valence-electron chi connectivity index (χ3n) is 4.74. The Morgan fingerprint density at radius 3 is 2.77 bits per heavy atom. The number of hydrogen-bond acceptors (Lipinski definition) is 4. The van der Waals surface area contributed by atoms with Crippen LogP contribution in [0.2, 0.25) is 0 Å². The van der Waals surface area contributed by atoms with E-state index in [-0.39, 0.29) is 17.9 Å². The summed E-state index contributed by atoms with van der Waals surface area (Å²) in [6.45, 7) is 7.31. The zero-order valence-electron chi connectivity index (χ0n) is 15.5. The van der Waals surface area contributed by atoms with Gasteiger partial charge in [0.1, 0.15) is 0 Å². The van der Waals surface area contributed by atoms with Gasteiger partial charge in [-0.15, -0.1) is 0 Å². The largest absolute Gasteiger partial charge is 0.352 e. The number of carbonyl (C=O) groups excluding carboxylic acids is 2. The maximum atomic E-state index is 13.0. The lowest BCUT2D eigenvalue weighted by atomic mass is 10.1. The van der Waals surface area contributed by atoms with E-state index in [1.807, 2.05) is 37.1 Å². The van der Waals surface area contributed by atoms with Crippen LogP contribution in [0, 0.1) is 6.92 Å². The number of nitrogens with zero attached hydrogens (tertiary/aromatic N) is 4. The molecule has 1 N–H and O–H groups in total. The lowest BCUT2D eigenvalue weighted by Crippen LogP contribution is -2.31.